The molecular weight excluding hydrogens is 325 g/mol. The predicted octanol–water partition coefficient (Wildman–Crippen LogP) is 3.60. The van der Waals surface area contributed by atoms with E-state index in [1.165, 1.54) is 29.5 Å². The van der Waals surface area contributed by atoms with Gasteiger partial charge < -0.3 is 0 Å². The van der Waals surface area contributed by atoms with Crippen molar-refractivity contribution in [2.24, 2.45) is 10.2 Å². The number of carbonyl (C=O) groups is 1. The summed E-state index contributed by atoms with van der Waals surface area (Å²) in [6.45, 7) is 2.39. The number of thioether (sulfide) groups is 1. The maximum absolute atomic E-state index is 13.0. The molecule has 122 valence electrons. The molecule has 0 aliphatic carbocycles. The van der Waals surface area contributed by atoms with E-state index in [0.717, 1.165) is 11.1 Å². The molecule has 0 N–H and O–H groups in total. The number of aryl methyl sites for hydroxylation is 1. The fraction of sp³-hybridized carbons (Fsp3) is 0.167. The summed E-state index contributed by atoms with van der Waals surface area (Å²) < 4.78 is 13.0. The van der Waals surface area contributed by atoms with Crippen LogP contribution < -0.4 is 0 Å². The number of hydrogen-bond acceptors (Lipinski definition) is 4. The topological polar surface area (TPSA) is 45.0 Å². The zero-order chi connectivity index (χ0) is 16.9. The van der Waals surface area contributed by atoms with Gasteiger partial charge in [-0.15, -0.1) is 5.10 Å². The van der Waals surface area contributed by atoms with Gasteiger partial charge in [-0.3, -0.25) is 9.69 Å². The minimum absolute atomic E-state index is 0.0198. The molecule has 0 radical (unpaired) electrons. The molecule has 0 saturated carbocycles. The normalized spacial score (nSPS) is 16.5. The minimum atomic E-state index is -0.294. The van der Waals surface area contributed by atoms with Crippen molar-refractivity contribution in [1.29, 1.82) is 0 Å². The van der Waals surface area contributed by atoms with Crippen LogP contribution in [-0.4, -0.2) is 27.9 Å². The van der Waals surface area contributed by atoms with Crippen LogP contribution in [0.5, 0.6) is 0 Å². The van der Waals surface area contributed by atoms with Gasteiger partial charge in [0.25, 0.3) is 0 Å². The Hall–Kier alpha value is -2.47. The highest BCUT2D eigenvalue weighted by Gasteiger charge is 2.28. The summed E-state index contributed by atoms with van der Waals surface area (Å²) in [6, 6.07) is 14.0. The van der Waals surface area contributed by atoms with Gasteiger partial charge in [-0.25, -0.2) is 4.39 Å². The standard InChI is InChI=1S/C18H16FN3OS/c1-13-2-4-14(5-3-13)10-20-21-18-22(17(23)12-24-18)11-15-6-8-16(19)9-7-15/h2-10H,11-12H2,1H3/b20-10+,21-18+. The van der Waals surface area contributed by atoms with Crippen LogP contribution in [0.3, 0.4) is 0 Å². The van der Waals surface area contributed by atoms with Crippen LogP contribution in [0.15, 0.2) is 58.7 Å². The highest BCUT2D eigenvalue weighted by Crippen LogP contribution is 2.22. The van der Waals surface area contributed by atoms with E-state index in [1.807, 2.05) is 31.2 Å². The van der Waals surface area contributed by atoms with E-state index in [9.17, 15) is 9.18 Å². The quantitative estimate of drug-likeness (QED) is 0.630. The lowest BCUT2D eigenvalue weighted by Crippen LogP contribution is -2.28. The Balaban J connectivity index is 1.72. The van der Waals surface area contributed by atoms with E-state index in [4.69, 9.17) is 0 Å². The molecule has 6 heteroatoms. The number of amidine groups is 1. The van der Waals surface area contributed by atoms with Crippen molar-refractivity contribution < 1.29 is 9.18 Å². The summed E-state index contributed by atoms with van der Waals surface area (Å²) in [6.07, 6.45) is 1.66. The summed E-state index contributed by atoms with van der Waals surface area (Å²) in [5.41, 5.74) is 2.98. The first kappa shape index (κ1) is 16.4. The summed E-state index contributed by atoms with van der Waals surface area (Å²) in [5, 5.41) is 8.81. The van der Waals surface area contributed by atoms with Crippen molar-refractivity contribution in [3.63, 3.8) is 0 Å². The molecule has 1 fully saturated rings. The Morgan fingerprint density at radius 3 is 2.58 bits per heavy atom. The van der Waals surface area contributed by atoms with Gasteiger partial charge in [0.1, 0.15) is 5.82 Å². The monoisotopic (exact) mass is 341 g/mol. The first-order valence-corrected chi connectivity index (χ1v) is 8.46. The fourth-order valence-corrected chi connectivity index (χ4v) is 3.03. The van der Waals surface area contributed by atoms with Crippen molar-refractivity contribution >= 4 is 29.1 Å². The van der Waals surface area contributed by atoms with Crippen LogP contribution in [0.1, 0.15) is 16.7 Å². The van der Waals surface area contributed by atoms with Gasteiger partial charge in [-0.05, 0) is 30.2 Å². The molecule has 3 rings (SSSR count). The van der Waals surface area contributed by atoms with Gasteiger partial charge in [0.05, 0.1) is 18.5 Å². The Morgan fingerprint density at radius 1 is 1.17 bits per heavy atom. The molecule has 0 unspecified atom stereocenters. The van der Waals surface area contributed by atoms with E-state index in [-0.39, 0.29) is 11.7 Å². The molecule has 1 amide bonds. The lowest BCUT2D eigenvalue weighted by atomic mass is 10.2. The van der Waals surface area contributed by atoms with Gasteiger partial charge in [0.2, 0.25) is 5.91 Å². The highest BCUT2D eigenvalue weighted by atomic mass is 32.2. The SMILES string of the molecule is Cc1ccc(/C=N/N=C2/SCC(=O)N2Cc2ccc(F)cc2)cc1. The van der Waals surface area contributed by atoms with E-state index >= 15 is 0 Å². The van der Waals surface area contributed by atoms with Crippen LogP contribution >= 0.6 is 11.8 Å². The summed E-state index contributed by atoms with van der Waals surface area (Å²) >= 11 is 1.36. The second-order valence-corrected chi connectivity index (χ2v) is 6.38. The Morgan fingerprint density at radius 2 is 1.88 bits per heavy atom. The molecule has 0 spiro atoms. The molecule has 0 atom stereocenters. The van der Waals surface area contributed by atoms with Crippen LogP contribution in [0.4, 0.5) is 4.39 Å². The highest BCUT2D eigenvalue weighted by molar-refractivity contribution is 8.15. The molecule has 0 aromatic heterocycles. The van der Waals surface area contributed by atoms with E-state index in [1.54, 1.807) is 23.2 Å². The van der Waals surface area contributed by atoms with Gasteiger partial charge in [0.15, 0.2) is 5.17 Å². The second-order valence-electron chi connectivity index (χ2n) is 5.43. The molecule has 24 heavy (non-hydrogen) atoms. The Labute approximate surface area is 144 Å². The van der Waals surface area contributed by atoms with Crippen LogP contribution in [0.2, 0.25) is 0 Å². The molecular formula is C18H16FN3OS. The van der Waals surface area contributed by atoms with E-state index < -0.39 is 0 Å². The number of benzene rings is 2. The van der Waals surface area contributed by atoms with E-state index in [2.05, 4.69) is 10.2 Å². The first-order valence-electron chi connectivity index (χ1n) is 7.47. The van der Waals surface area contributed by atoms with Crippen molar-refractivity contribution in [2.75, 3.05) is 5.75 Å². The molecule has 1 aliphatic rings. The third kappa shape index (κ3) is 4.08. The van der Waals surface area contributed by atoms with Gasteiger partial charge in [0, 0.05) is 0 Å². The summed E-state index contributed by atoms with van der Waals surface area (Å²) in [5.74, 6) is 0.0335. The first-order chi connectivity index (χ1) is 11.6. The number of carbonyl (C=O) groups excluding carboxylic acids is 1. The predicted molar refractivity (Wildman–Crippen MR) is 95.6 cm³/mol. The van der Waals surface area contributed by atoms with Crippen molar-refractivity contribution in [3.8, 4) is 0 Å². The lowest BCUT2D eigenvalue weighted by molar-refractivity contribution is -0.124. The third-order valence-electron chi connectivity index (χ3n) is 3.54. The summed E-state index contributed by atoms with van der Waals surface area (Å²) in [4.78, 5) is 13.6. The zero-order valence-corrected chi connectivity index (χ0v) is 14.0. The smallest absolute Gasteiger partial charge is 0.239 e. The van der Waals surface area contributed by atoms with Crippen LogP contribution in [0.25, 0.3) is 0 Å². The number of halogens is 1. The fourth-order valence-electron chi connectivity index (χ4n) is 2.20. The molecule has 2 aromatic carbocycles. The molecule has 4 nitrogen and oxygen atoms in total. The molecule has 2 aromatic rings. The van der Waals surface area contributed by atoms with E-state index in [0.29, 0.717) is 17.5 Å². The number of amides is 1. The average molecular weight is 341 g/mol. The average Bonchev–Trinajstić information content (AvgIpc) is 2.92. The lowest BCUT2D eigenvalue weighted by Gasteiger charge is -2.15. The second kappa shape index (κ2) is 7.40. The van der Waals surface area contributed by atoms with Gasteiger partial charge in [-0.2, -0.15) is 5.10 Å². The molecule has 0 bridgehead atoms. The number of rotatable bonds is 4. The Bertz CT molecular complexity index is 785. The maximum atomic E-state index is 13.0. The molecule has 1 aliphatic heterocycles. The largest absolute Gasteiger partial charge is 0.285 e. The molecule has 1 saturated heterocycles. The zero-order valence-electron chi connectivity index (χ0n) is 13.1. The minimum Gasteiger partial charge on any atom is -0.285 e. The van der Waals surface area contributed by atoms with Crippen molar-refractivity contribution in [1.82, 2.24) is 4.90 Å². The van der Waals surface area contributed by atoms with Gasteiger partial charge in [-0.1, -0.05) is 53.7 Å². The maximum Gasteiger partial charge on any atom is 0.239 e. The van der Waals surface area contributed by atoms with Crippen LogP contribution in [0, 0.1) is 12.7 Å². The number of nitrogens with zero attached hydrogens (tertiary/aromatic N) is 3. The number of hydrogen-bond donors (Lipinski definition) is 0. The Kier molecular flexibility index (Phi) is 5.05. The third-order valence-corrected chi connectivity index (χ3v) is 4.49. The van der Waals surface area contributed by atoms with Gasteiger partial charge >= 0.3 is 0 Å². The molecule has 1 heterocycles. The van der Waals surface area contributed by atoms with Crippen LogP contribution in [-0.2, 0) is 11.3 Å². The summed E-state index contributed by atoms with van der Waals surface area (Å²) in [7, 11) is 0. The van der Waals surface area contributed by atoms with Crippen molar-refractivity contribution in [3.05, 3.63) is 71.0 Å². The van der Waals surface area contributed by atoms with Crippen molar-refractivity contribution in [2.45, 2.75) is 13.5 Å².